The van der Waals surface area contributed by atoms with Gasteiger partial charge in [0, 0.05) is 17.5 Å². The Balaban J connectivity index is 1.87. The summed E-state index contributed by atoms with van der Waals surface area (Å²) >= 11 is 1.72. The van der Waals surface area contributed by atoms with Crippen LogP contribution in [0, 0.1) is 6.92 Å². The summed E-state index contributed by atoms with van der Waals surface area (Å²) in [5.74, 6) is 0. The third kappa shape index (κ3) is 1.84. The normalized spacial score (nSPS) is 19.5. The van der Waals surface area contributed by atoms with Crippen molar-refractivity contribution in [2.45, 2.75) is 38.8 Å². The van der Waals surface area contributed by atoms with Gasteiger partial charge in [-0.05, 0) is 26.7 Å². The first-order valence-electron chi connectivity index (χ1n) is 4.34. The van der Waals surface area contributed by atoms with Gasteiger partial charge in [0.25, 0.3) is 0 Å². The lowest BCUT2D eigenvalue weighted by Gasteiger charge is -2.08. The van der Waals surface area contributed by atoms with Crippen LogP contribution in [0.25, 0.3) is 0 Å². The molecule has 2 nitrogen and oxygen atoms in total. The molecule has 0 unspecified atom stereocenters. The van der Waals surface area contributed by atoms with E-state index < -0.39 is 0 Å². The van der Waals surface area contributed by atoms with E-state index in [0.717, 1.165) is 11.6 Å². The topological polar surface area (TPSA) is 24.9 Å². The van der Waals surface area contributed by atoms with Crippen LogP contribution in [0.15, 0.2) is 5.38 Å². The minimum absolute atomic E-state index is 0.428. The third-order valence-corrected chi connectivity index (χ3v) is 3.19. The maximum absolute atomic E-state index is 4.40. The van der Waals surface area contributed by atoms with E-state index in [9.17, 15) is 0 Å². The fourth-order valence-corrected chi connectivity index (χ4v) is 1.77. The Labute approximate surface area is 77.0 Å². The van der Waals surface area contributed by atoms with Crippen molar-refractivity contribution in [3.05, 3.63) is 16.1 Å². The number of aryl methyl sites for hydroxylation is 1. The summed E-state index contributed by atoms with van der Waals surface area (Å²) in [5, 5.41) is 6.80. The Morgan fingerprint density at radius 3 is 2.92 bits per heavy atom. The molecule has 12 heavy (non-hydrogen) atoms. The summed E-state index contributed by atoms with van der Waals surface area (Å²) < 4.78 is 0. The standard InChI is InChI=1S/C9H14N2S/c1-7-11-8(6-12-7)5-10-9(2)3-4-9/h6,10H,3-5H2,1-2H3. The van der Waals surface area contributed by atoms with Crippen molar-refractivity contribution in [2.75, 3.05) is 0 Å². The molecule has 1 aliphatic rings. The molecular weight excluding hydrogens is 168 g/mol. The van der Waals surface area contributed by atoms with E-state index in [1.54, 1.807) is 11.3 Å². The molecule has 1 saturated carbocycles. The Kier molecular flexibility index (Phi) is 1.93. The van der Waals surface area contributed by atoms with E-state index in [4.69, 9.17) is 0 Å². The molecule has 3 heteroatoms. The first-order chi connectivity index (χ1) is 5.68. The Hall–Kier alpha value is -0.410. The molecule has 66 valence electrons. The lowest BCUT2D eigenvalue weighted by Crippen LogP contribution is -2.27. The van der Waals surface area contributed by atoms with Gasteiger partial charge in [0.05, 0.1) is 10.7 Å². The smallest absolute Gasteiger partial charge is 0.0897 e. The molecule has 2 rings (SSSR count). The average Bonchev–Trinajstić information content (AvgIpc) is 2.60. The summed E-state index contributed by atoms with van der Waals surface area (Å²) in [6.45, 7) is 5.25. The molecular formula is C9H14N2S. The molecule has 0 atom stereocenters. The van der Waals surface area contributed by atoms with Gasteiger partial charge in [-0.25, -0.2) is 4.98 Å². The number of aromatic nitrogens is 1. The number of nitrogens with zero attached hydrogens (tertiary/aromatic N) is 1. The zero-order valence-corrected chi connectivity index (χ0v) is 8.37. The maximum Gasteiger partial charge on any atom is 0.0897 e. The van der Waals surface area contributed by atoms with Crippen LogP contribution in [-0.4, -0.2) is 10.5 Å². The molecule has 1 heterocycles. The zero-order valence-electron chi connectivity index (χ0n) is 7.55. The molecule has 0 aromatic carbocycles. The molecule has 1 aromatic rings. The molecule has 0 saturated heterocycles. The predicted octanol–water partition coefficient (Wildman–Crippen LogP) is 2.09. The van der Waals surface area contributed by atoms with Crippen molar-refractivity contribution < 1.29 is 0 Å². The minimum Gasteiger partial charge on any atom is -0.306 e. The van der Waals surface area contributed by atoms with Gasteiger partial charge in [0.2, 0.25) is 0 Å². The Bertz CT molecular complexity index is 276. The van der Waals surface area contributed by atoms with E-state index >= 15 is 0 Å². The van der Waals surface area contributed by atoms with Crippen molar-refractivity contribution in [1.82, 2.24) is 10.3 Å². The van der Waals surface area contributed by atoms with Crippen LogP contribution in [0.4, 0.5) is 0 Å². The largest absolute Gasteiger partial charge is 0.306 e. The molecule has 0 bridgehead atoms. The summed E-state index contributed by atoms with van der Waals surface area (Å²) in [6, 6.07) is 0. The SMILES string of the molecule is Cc1nc(CNC2(C)CC2)cs1. The monoisotopic (exact) mass is 182 g/mol. The third-order valence-electron chi connectivity index (χ3n) is 2.36. The van der Waals surface area contributed by atoms with Gasteiger partial charge in [-0.15, -0.1) is 11.3 Å². The Morgan fingerprint density at radius 1 is 1.67 bits per heavy atom. The van der Waals surface area contributed by atoms with Crippen LogP contribution in [0.5, 0.6) is 0 Å². The van der Waals surface area contributed by atoms with Gasteiger partial charge in [-0.1, -0.05) is 0 Å². The highest BCUT2D eigenvalue weighted by molar-refractivity contribution is 7.09. The van der Waals surface area contributed by atoms with E-state index in [1.165, 1.54) is 18.5 Å². The van der Waals surface area contributed by atoms with Gasteiger partial charge >= 0.3 is 0 Å². The summed E-state index contributed by atoms with van der Waals surface area (Å²) in [5.41, 5.74) is 1.61. The van der Waals surface area contributed by atoms with E-state index in [-0.39, 0.29) is 0 Å². The van der Waals surface area contributed by atoms with Crippen molar-refractivity contribution in [3.8, 4) is 0 Å². The highest BCUT2D eigenvalue weighted by atomic mass is 32.1. The molecule has 0 radical (unpaired) electrons. The summed E-state index contributed by atoms with van der Waals surface area (Å²) in [6.07, 6.45) is 2.63. The Morgan fingerprint density at radius 2 is 2.42 bits per heavy atom. The average molecular weight is 182 g/mol. The second kappa shape index (κ2) is 2.82. The first kappa shape index (κ1) is 8.20. The fraction of sp³-hybridized carbons (Fsp3) is 0.667. The van der Waals surface area contributed by atoms with Gasteiger partial charge in [-0.3, -0.25) is 0 Å². The minimum atomic E-state index is 0.428. The van der Waals surface area contributed by atoms with Crippen molar-refractivity contribution in [2.24, 2.45) is 0 Å². The van der Waals surface area contributed by atoms with E-state index in [0.29, 0.717) is 5.54 Å². The quantitative estimate of drug-likeness (QED) is 0.774. The maximum atomic E-state index is 4.40. The second-order valence-corrected chi connectivity index (χ2v) is 4.83. The van der Waals surface area contributed by atoms with Crippen LogP contribution in [0.3, 0.4) is 0 Å². The van der Waals surface area contributed by atoms with Crippen LogP contribution < -0.4 is 5.32 Å². The summed E-state index contributed by atoms with van der Waals surface area (Å²) in [7, 11) is 0. The molecule has 1 fully saturated rings. The molecule has 0 spiro atoms. The number of rotatable bonds is 3. The highest BCUT2D eigenvalue weighted by Gasteiger charge is 2.36. The highest BCUT2D eigenvalue weighted by Crippen LogP contribution is 2.34. The predicted molar refractivity (Wildman–Crippen MR) is 51.3 cm³/mol. The van der Waals surface area contributed by atoms with Crippen LogP contribution in [0.2, 0.25) is 0 Å². The second-order valence-electron chi connectivity index (χ2n) is 3.77. The van der Waals surface area contributed by atoms with Crippen LogP contribution in [0.1, 0.15) is 30.5 Å². The molecule has 1 aromatic heterocycles. The fourth-order valence-electron chi connectivity index (χ4n) is 1.16. The molecule has 1 N–H and O–H groups in total. The van der Waals surface area contributed by atoms with Crippen molar-refractivity contribution in [1.29, 1.82) is 0 Å². The van der Waals surface area contributed by atoms with Gasteiger partial charge in [0.1, 0.15) is 0 Å². The van der Waals surface area contributed by atoms with Crippen LogP contribution >= 0.6 is 11.3 Å². The van der Waals surface area contributed by atoms with Crippen LogP contribution in [-0.2, 0) is 6.54 Å². The number of hydrogen-bond acceptors (Lipinski definition) is 3. The van der Waals surface area contributed by atoms with E-state index in [2.05, 4.69) is 22.6 Å². The summed E-state index contributed by atoms with van der Waals surface area (Å²) in [4.78, 5) is 4.40. The number of hydrogen-bond donors (Lipinski definition) is 1. The zero-order chi connectivity index (χ0) is 8.60. The lowest BCUT2D eigenvalue weighted by molar-refractivity contribution is 0.533. The van der Waals surface area contributed by atoms with Gasteiger partial charge in [-0.2, -0.15) is 0 Å². The number of nitrogens with one attached hydrogen (secondary N) is 1. The van der Waals surface area contributed by atoms with Gasteiger partial charge in [0.15, 0.2) is 0 Å². The lowest BCUT2D eigenvalue weighted by atomic mass is 10.3. The first-order valence-corrected chi connectivity index (χ1v) is 5.22. The van der Waals surface area contributed by atoms with Crippen molar-refractivity contribution in [3.63, 3.8) is 0 Å². The van der Waals surface area contributed by atoms with E-state index in [1.807, 2.05) is 6.92 Å². The van der Waals surface area contributed by atoms with Gasteiger partial charge < -0.3 is 5.32 Å². The molecule has 0 aliphatic heterocycles. The molecule has 1 aliphatic carbocycles. The van der Waals surface area contributed by atoms with Crippen molar-refractivity contribution >= 4 is 11.3 Å². The molecule has 0 amide bonds. The number of thiazole rings is 1.